The Balaban J connectivity index is 2.03. The van der Waals surface area contributed by atoms with Gasteiger partial charge in [0.05, 0.1) is 11.7 Å². The second kappa shape index (κ2) is 9.85. The molecule has 3 N–H and O–H groups in total. The van der Waals surface area contributed by atoms with E-state index in [9.17, 15) is 9.59 Å². The van der Waals surface area contributed by atoms with Gasteiger partial charge >= 0.3 is 0 Å². The predicted octanol–water partition coefficient (Wildman–Crippen LogP) is 4.20. The highest BCUT2D eigenvalue weighted by molar-refractivity contribution is 7.80. The Morgan fingerprint density at radius 1 is 0.929 bits per heavy atom. The fraction of sp³-hybridized carbons (Fsp3) is 0.286. The number of hydrogen-bond donors (Lipinski definition) is 3. The second-order valence-corrected chi connectivity index (χ2v) is 7.20. The summed E-state index contributed by atoms with van der Waals surface area (Å²) in [6, 6.07) is 14.1. The van der Waals surface area contributed by atoms with Crippen LogP contribution in [0.25, 0.3) is 0 Å². The van der Waals surface area contributed by atoms with Gasteiger partial charge in [0.25, 0.3) is 5.91 Å². The molecule has 0 radical (unpaired) electrons. The lowest BCUT2D eigenvalue weighted by molar-refractivity contribution is -0.118. The molecule has 0 unspecified atom stereocenters. The van der Waals surface area contributed by atoms with E-state index in [1.165, 1.54) is 0 Å². The summed E-state index contributed by atoms with van der Waals surface area (Å²) in [7, 11) is 0. The Bertz CT molecular complexity index is 865. The summed E-state index contributed by atoms with van der Waals surface area (Å²) < 4.78 is 5.67. The largest absolute Gasteiger partial charge is 0.490 e. The molecular formula is C21H25N3O3S. The maximum Gasteiger partial charge on any atom is 0.261 e. The van der Waals surface area contributed by atoms with Crippen LogP contribution in [0.5, 0.6) is 5.75 Å². The first-order valence-electron chi connectivity index (χ1n) is 9.05. The minimum absolute atomic E-state index is 0.0529. The van der Waals surface area contributed by atoms with E-state index < -0.39 is 0 Å². The van der Waals surface area contributed by atoms with Crippen LogP contribution in [0.2, 0.25) is 0 Å². The molecule has 2 aromatic carbocycles. The zero-order valence-electron chi connectivity index (χ0n) is 16.4. The van der Waals surface area contributed by atoms with Crippen LogP contribution in [-0.2, 0) is 4.79 Å². The molecule has 148 valence electrons. The number of benzene rings is 2. The monoisotopic (exact) mass is 399 g/mol. The number of para-hydroxylation sites is 1. The first-order valence-corrected chi connectivity index (χ1v) is 9.46. The summed E-state index contributed by atoms with van der Waals surface area (Å²) in [6.07, 6.45) is -0.0529. The molecule has 0 heterocycles. The molecule has 0 aliphatic rings. The Morgan fingerprint density at radius 3 is 2.21 bits per heavy atom. The summed E-state index contributed by atoms with van der Waals surface area (Å²) in [5, 5.41) is 8.57. The lowest BCUT2D eigenvalue weighted by Gasteiger charge is -2.15. The Hall–Kier alpha value is -2.93. The minimum atomic E-state index is -0.363. The van der Waals surface area contributed by atoms with Crippen molar-refractivity contribution in [3.63, 3.8) is 0 Å². The van der Waals surface area contributed by atoms with Crippen molar-refractivity contribution in [1.29, 1.82) is 0 Å². The summed E-state index contributed by atoms with van der Waals surface area (Å²) in [5.74, 6) is -0.0610. The number of thiocarbonyl (C=S) groups is 1. The first kappa shape index (κ1) is 21.4. The number of carbonyl (C=O) groups excluding carboxylic acids is 2. The van der Waals surface area contributed by atoms with Crippen LogP contribution < -0.4 is 20.7 Å². The average molecular weight is 400 g/mol. The van der Waals surface area contributed by atoms with Crippen LogP contribution in [0.15, 0.2) is 48.5 Å². The van der Waals surface area contributed by atoms with Gasteiger partial charge in [-0.15, -0.1) is 0 Å². The number of ether oxygens (including phenoxy) is 1. The van der Waals surface area contributed by atoms with Crippen molar-refractivity contribution in [2.45, 2.75) is 33.8 Å². The van der Waals surface area contributed by atoms with E-state index in [1.54, 1.807) is 42.5 Å². The number of nitrogens with one attached hydrogen (secondary N) is 3. The summed E-state index contributed by atoms with van der Waals surface area (Å²) in [4.78, 5) is 24.4. The van der Waals surface area contributed by atoms with Gasteiger partial charge in [-0.3, -0.25) is 14.9 Å². The van der Waals surface area contributed by atoms with Gasteiger partial charge in [-0.25, -0.2) is 0 Å². The Kier molecular flexibility index (Phi) is 7.52. The van der Waals surface area contributed by atoms with E-state index in [-0.39, 0.29) is 28.9 Å². The van der Waals surface area contributed by atoms with Crippen molar-refractivity contribution in [2.24, 2.45) is 5.92 Å². The second-order valence-electron chi connectivity index (χ2n) is 6.80. The van der Waals surface area contributed by atoms with E-state index in [1.807, 2.05) is 33.8 Å². The summed E-state index contributed by atoms with van der Waals surface area (Å²) >= 11 is 5.24. The fourth-order valence-electron chi connectivity index (χ4n) is 2.31. The van der Waals surface area contributed by atoms with Crippen LogP contribution >= 0.6 is 12.2 Å². The van der Waals surface area contributed by atoms with Gasteiger partial charge < -0.3 is 15.4 Å². The normalized spacial score (nSPS) is 10.5. The van der Waals surface area contributed by atoms with E-state index >= 15 is 0 Å². The van der Waals surface area contributed by atoms with Crippen LogP contribution in [0, 0.1) is 5.92 Å². The number of rotatable bonds is 6. The van der Waals surface area contributed by atoms with Gasteiger partial charge in [0.1, 0.15) is 5.75 Å². The predicted molar refractivity (Wildman–Crippen MR) is 116 cm³/mol. The number of hydrogen-bond acceptors (Lipinski definition) is 4. The number of carbonyl (C=O) groups is 2. The highest BCUT2D eigenvalue weighted by atomic mass is 32.1. The molecule has 0 atom stereocenters. The fourth-order valence-corrected chi connectivity index (χ4v) is 2.52. The molecule has 2 aromatic rings. The van der Waals surface area contributed by atoms with Gasteiger partial charge in [-0.05, 0) is 56.4 Å². The van der Waals surface area contributed by atoms with Crippen molar-refractivity contribution >= 4 is 40.5 Å². The maximum absolute atomic E-state index is 12.6. The molecule has 0 saturated heterocycles. The highest BCUT2D eigenvalue weighted by Gasteiger charge is 2.14. The van der Waals surface area contributed by atoms with E-state index in [4.69, 9.17) is 17.0 Å². The van der Waals surface area contributed by atoms with Crippen molar-refractivity contribution < 1.29 is 14.3 Å². The zero-order valence-corrected chi connectivity index (χ0v) is 17.2. The molecule has 0 aliphatic carbocycles. The Labute approximate surface area is 170 Å². The standard InChI is InChI=1S/C21H25N3O3S/c1-13(2)19(25)22-15-8-7-9-16(12-15)23-21(28)24-20(26)17-10-5-6-11-18(17)27-14(3)4/h5-14H,1-4H3,(H,22,25)(H2,23,24,26,28). The molecule has 7 heteroatoms. The van der Waals surface area contributed by atoms with Crippen LogP contribution in [0.1, 0.15) is 38.1 Å². The lowest BCUT2D eigenvalue weighted by atomic mass is 10.2. The molecule has 0 saturated carbocycles. The Morgan fingerprint density at radius 2 is 1.57 bits per heavy atom. The maximum atomic E-state index is 12.6. The third-order valence-electron chi connectivity index (χ3n) is 3.63. The molecule has 0 aliphatic heterocycles. The minimum Gasteiger partial charge on any atom is -0.490 e. The topological polar surface area (TPSA) is 79.5 Å². The molecule has 2 rings (SSSR count). The van der Waals surface area contributed by atoms with Gasteiger partial charge in [0.2, 0.25) is 5.91 Å². The number of anilines is 2. The van der Waals surface area contributed by atoms with Gasteiger partial charge in [0, 0.05) is 17.3 Å². The van der Waals surface area contributed by atoms with E-state index in [0.29, 0.717) is 22.7 Å². The SMILES string of the molecule is CC(C)Oc1ccccc1C(=O)NC(=S)Nc1cccc(NC(=O)C(C)C)c1. The van der Waals surface area contributed by atoms with Gasteiger partial charge in [-0.2, -0.15) is 0 Å². The molecule has 2 amide bonds. The van der Waals surface area contributed by atoms with Crippen LogP contribution in [0.4, 0.5) is 11.4 Å². The molecule has 0 aromatic heterocycles. The lowest BCUT2D eigenvalue weighted by Crippen LogP contribution is -2.34. The molecule has 28 heavy (non-hydrogen) atoms. The molecule has 0 fully saturated rings. The third-order valence-corrected chi connectivity index (χ3v) is 3.84. The van der Waals surface area contributed by atoms with Crippen molar-refractivity contribution in [1.82, 2.24) is 5.32 Å². The smallest absolute Gasteiger partial charge is 0.261 e. The average Bonchev–Trinajstić information content (AvgIpc) is 2.61. The van der Waals surface area contributed by atoms with Crippen LogP contribution in [0.3, 0.4) is 0 Å². The van der Waals surface area contributed by atoms with Crippen molar-refractivity contribution in [3.8, 4) is 5.75 Å². The van der Waals surface area contributed by atoms with Crippen molar-refractivity contribution in [2.75, 3.05) is 10.6 Å². The molecular weight excluding hydrogens is 374 g/mol. The zero-order chi connectivity index (χ0) is 20.7. The molecule has 6 nitrogen and oxygen atoms in total. The van der Waals surface area contributed by atoms with Crippen molar-refractivity contribution in [3.05, 3.63) is 54.1 Å². The molecule has 0 spiro atoms. The third kappa shape index (κ3) is 6.35. The summed E-state index contributed by atoms with van der Waals surface area (Å²) in [6.45, 7) is 7.43. The van der Waals surface area contributed by atoms with Gasteiger partial charge in [0.15, 0.2) is 5.11 Å². The molecule has 0 bridgehead atoms. The van der Waals surface area contributed by atoms with Gasteiger partial charge in [-0.1, -0.05) is 32.0 Å². The first-order chi connectivity index (χ1) is 13.3. The summed E-state index contributed by atoms with van der Waals surface area (Å²) in [5.41, 5.74) is 1.70. The van der Waals surface area contributed by atoms with Crippen LogP contribution in [-0.4, -0.2) is 23.0 Å². The van der Waals surface area contributed by atoms with E-state index in [0.717, 1.165) is 0 Å². The highest BCUT2D eigenvalue weighted by Crippen LogP contribution is 2.20. The quantitative estimate of drug-likeness (QED) is 0.635. The number of amides is 2. The van der Waals surface area contributed by atoms with E-state index in [2.05, 4.69) is 16.0 Å².